The SMILES string of the molecule is Cc1ccc(C(=O)N(C)CC(=O)N2CCCC2)c(Br)c1. The van der Waals surface area contributed by atoms with Crippen molar-refractivity contribution >= 4 is 27.7 Å². The summed E-state index contributed by atoms with van der Waals surface area (Å²) < 4.78 is 0.767. The summed E-state index contributed by atoms with van der Waals surface area (Å²) in [4.78, 5) is 27.7. The molecule has 1 aromatic carbocycles. The van der Waals surface area contributed by atoms with E-state index in [1.54, 1.807) is 13.1 Å². The Balaban J connectivity index is 2.02. The number of aryl methyl sites for hydroxylation is 1. The molecule has 0 aromatic heterocycles. The number of amides is 2. The minimum atomic E-state index is -0.135. The first-order valence-electron chi connectivity index (χ1n) is 6.78. The van der Waals surface area contributed by atoms with E-state index in [0.717, 1.165) is 36.0 Å². The van der Waals surface area contributed by atoms with Gasteiger partial charge >= 0.3 is 0 Å². The van der Waals surface area contributed by atoms with Gasteiger partial charge in [-0.15, -0.1) is 0 Å². The van der Waals surface area contributed by atoms with Crippen molar-refractivity contribution in [3.8, 4) is 0 Å². The van der Waals surface area contributed by atoms with Gasteiger partial charge in [0.25, 0.3) is 5.91 Å². The van der Waals surface area contributed by atoms with E-state index in [0.29, 0.717) is 5.56 Å². The van der Waals surface area contributed by atoms with Crippen molar-refractivity contribution in [2.45, 2.75) is 19.8 Å². The highest BCUT2D eigenvalue weighted by atomic mass is 79.9. The van der Waals surface area contributed by atoms with Crippen molar-refractivity contribution < 1.29 is 9.59 Å². The zero-order valence-electron chi connectivity index (χ0n) is 11.9. The Hall–Kier alpha value is -1.36. The van der Waals surface area contributed by atoms with E-state index >= 15 is 0 Å². The smallest absolute Gasteiger partial charge is 0.255 e. The van der Waals surface area contributed by atoms with Gasteiger partial charge in [-0.05, 0) is 53.4 Å². The van der Waals surface area contributed by atoms with Crippen LogP contribution in [0, 0.1) is 6.92 Å². The molecule has 1 aliphatic heterocycles. The summed E-state index contributed by atoms with van der Waals surface area (Å²) in [7, 11) is 1.67. The predicted molar refractivity (Wildman–Crippen MR) is 81.7 cm³/mol. The third-order valence-corrected chi connectivity index (χ3v) is 4.19. The van der Waals surface area contributed by atoms with Gasteiger partial charge < -0.3 is 9.80 Å². The van der Waals surface area contributed by atoms with Gasteiger partial charge in [0.1, 0.15) is 0 Å². The fourth-order valence-corrected chi connectivity index (χ4v) is 3.00. The fourth-order valence-electron chi connectivity index (χ4n) is 2.34. The Morgan fingerprint density at radius 2 is 1.95 bits per heavy atom. The van der Waals surface area contributed by atoms with Crippen LogP contribution in [0.3, 0.4) is 0 Å². The lowest BCUT2D eigenvalue weighted by Crippen LogP contribution is -2.39. The molecule has 0 N–H and O–H groups in total. The minimum Gasteiger partial charge on any atom is -0.341 e. The maximum Gasteiger partial charge on any atom is 0.255 e. The number of benzene rings is 1. The molecular weight excluding hydrogens is 320 g/mol. The first-order valence-corrected chi connectivity index (χ1v) is 7.57. The Morgan fingerprint density at radius 3 is 2.55 bits per heavy atom. The van der Waals surface area contributed by atoms with Crippen molar-refractivity contribution in [1.82, 2.24) is 9.80 Å². The standard InChI is InChI=1S/C15H19BrN2O2/c1-11-5-6-12(13(16)9-11)15(20)17(2)10-14(19)18-7-3-4-8-18/h5-6,9H,3-4,7-8,10H2,1-2H3. The van der Waals surface area contributed by atoms with E-state index in [9.17, 15) is 9.59 Å². The minimum absolute atomic E-state index is 0.0292. The van der Waals surface area contributed by atoms with E-state index < -0.39 is 0 Å². The van der Waals surface area contributed by atoms with E-state index in [-0.39, 0.29) is 18.4 Å². The highest BCUT2D eigenvalue weighted by molar-refractivity contribution is 9.10. The highest BCUT2D eigenvalue weighted by Gasteiger charge is 2.22. The van der Waals surface area contributed by atoms with Gasteiger partial charge in [-0.1, -0.05) is 6.07 Å². The van der Waals surface area contributed by atoms with Crippen LogP contribution in [0.25, 0.3) is 0 Å². The fraction of sp³-hybridized carbons (Fsp3) is 0.467. The van der Waals surface area contributed by atoms with E-state index in [2.05, 4.69) is 15.9 Å². The van der Waals surface area contributed by atoms with E-state index in [4.69, 9.17) is 0 Å². The molecule has 5 heteroatoms. The number of carbonyl (C=O) groups is 2. The Morgan fingerprint density at radius 1 is 1.30 bits per heavy atom. The average molecular weight is 339 g/mol. The summed E-state index contributed by atoms with van der Waals surface area (Å²) in [6.45, 7) is 3.74. The highest BCUT2D eigenvalue weighted by Crippen LogP contribution is 2.20. The average Bonchev–Trinajstić information content (AvgIpc) is 2.91. The number of carbonyl (C=O) groups excluding carboxylic acids is 2. The first kappa shape index (κ1) is 15.0. The molecule has 20 heavy (non-hydrogen) atoms. The molecule has 1 aromatic rings. The summed E-state index contributed by atoms with van der Waals surface area (Å²) in [5.41, 5.74) is 1.68. The summed E-state index contributed by atoms with van der Waals surface area (Å²) in [5, 5.41) is 0. The van der Waals surface area contributed by atoms with Gasteiger partial charge in [0.2, 0.25) is 5.91 Å². The number of likely N-dealkylation sites (N-methyl/N-ethyl adjacent to an activating group) is 1. The van der Waals surface area contributed by atoms with Gasteiger partial charge in [0.05, 0.1) is 12.1 Å². The Kier molecular flexibility index (Phi) is 4.81. The second-order valence-electron chi connectivity index (χ2n) is 5.23. The molecule has 108 valence electrons. The number of hydrogen-bond donors (Lipinski definition) is 0. The maximum absolute atomic E-state index is 12.4. The van der Waals surface area contributed by atoms with Gasteiger partial charge in [0.15, 0.2) is 0 Å². The zero-order valence-corrected chi connectivity index (χ0v) is 13.4. The van der Waals surface area contributed by atoms with Crippen molar-refractivity contribution in [3.05, 3.63) is 33.8 Å². The van der Waals surface area contributed by atoms with Crippen LogP contribution in [0.4, 0.5) is 0 Å². The molecular formula is C15H19BrN2O2. The predicted octanol–water partition coefficient (Wildman–Crippen LogP) is 2.45. The third kappa shape index (κ3) is 3.39. The molecule has 1 saturated heterocycles. The quantitative estimate of drug-likeness (QED) is 0.849. The molecule has 0 radical (unpaired) electrons. The largest absolute Gasteiger partial charge is 0.341 e. The Bertz CT molecular complexity index is 525. The van der Waals surface area contributed by atoms with Crippen LogP contribution in [0.2, 0.25) is 0 Å². The number of rotatable bonds is 3. The molecule has 1 heterocycles. The monoisotopic (exact) mass is 338 g/mol. The van der Waals surface area contributed by atoms with Crippen LogP contribution in [0.1, 0.15) is 28.8 Å². The lowest BCUT2D eigenvalue weighted by molar-refractivity contribution is -0.130. The van der Waals surface area contributed by atoms with Gasteiger partial charge in [-0.2, -0.15) is 0 Å². The molecule has 0 spiro atoms. The van der Waals surface area contributed by atoms with Crippen LogP contribution >= 0.6 is 15.9 Å². The molecule has 0 unspecified atom stereocenters. The van der Waals surface area contributed by atoms with E-state index in [1.807, 2.05) is 24.0 Å². The van der Waals surface area contributed by atoms with Gasteiger partial charge in [-0.25, -0.2) is 0 Å². The maximum atomic E-state index is 12.4. The number of halogens is 1. The molecule has 1 fully saturated rings. The van der Waals surface area contributed by atoms with Gasteiger partial charge in [-0.3, -0.25) is 9.59 Å². The molecule has 0 aliphatic carbocycles. The summed E-state index contributed by atoms with van der Waals surface area (Å²) in [5.74, 6) is -0.106. The van der Waals surface area contributed by atoms with Crippen molar-refractivity contribution in [2.75, 3.05) is 26.7 Å². The van der Waals surface area contributed by atoms with Crippen molar-refractivity contribution in [1.29, 1.82) is 0 Å². The van der Waals surface area contributed by atoms with Crippen LogP contribution in [-0.4, -0.2) is 48.3 Å². The topological polar surface area (TPSA) is 40.6 Å². The number of likely N-dealkylation sites (tertiary alicyclic amines) is 1. The summed E-state index contributed by atoms with van der Waals surface area (Å²) in [6, 6.07) is 5.59. The summed E-state index contributed by atoms with van der Waals surface area (Å²) in [6.07, 6.45) is 2.12. The van der Waals surface area contributed by atoms with Gasteiger partial charge in [0, 0.05) is 24.6 Å². The van der Waals surface area contributed by atoms with E-state index in [1.165, 1.54) is 4.90 Å². The van der Waals surface area contributed by atoms with Crippen LogP contribution in [0.5, 0.6) is 0 Å². The Labute approximate surface area is 127 Å². The van der Waals surface area contributed by atoms with Crippen LogP contribution in [0.15, 0.2) is 22.7 Å². The molecule has 0 atom stereocenters. The molecule has 2 amide bonds. The molecule has 0 bridgehead atoms. The molecule has 1 aliphatic rings. The third-order valence-electron chi connectivity index (χ3n) is 3.53. The van der Waals surface area contributed by atoms with Crippen molar-refractivity contribution in [3.63, 3.8) is 0 Å². The second-order valence-corrected chi connectivity index (χ2v) is 6.09. The second kappa shape index (κ2) is 6.39. The molecule has 0 saturated carbocycles. The lowest BCUT2D eigenvalue weighted by atomic mass is 10.1. The zero-order chi connectivity index (χ0) is 14.7. The normalized spacial score (nSPS) is 14.4. The molecule has 4 nitrogen and oxygen atoms in total. The first-order chi connectivity index (χ1) is 9.49. The lowest BCUT2D eigenvalue weighted by Gasteiger charge is -2.21. The van der Waals surface area contributed by atoms with Crippen LogP contribution < -0.4 is 0 Å². The number of hydrogen-bond acceptors (Lipinski definition) is 2. The van der Waals surface area contributed by atoms with Crippen LogP contribution in [-0.2, 0) is 4.79 Å². The molecule has 2 rings (SSSR count). The number of nitrogens with zero attached hydrogens (tertiary/aromatic N) is 2. The summed E-state index contributed by atoms with van der Waals surface area (Å²) >= 11 is 3.41. The van der Waals surface area contributed by atoms with Crippen molar-refractivity contribution in [2.24, 2.45) is 0 Å².